The second-order valence-electron chi connectivity index (χ2n) is 9.49. The molecule has 0 bridgehead atoms. The van der Waals surface area contributed by atoms with Crippen LogP contribution in [0.5, 0.6) is 5.75 Å². The average molecular weight is 526 g/mol. The molecule has 1 aromatic carbocycles. The van der Waals surface area contributed by atoms with Gasteiger partial charge in [-0.2, -0.15) is 23.5 Å². The highest BCUT2D eigenvalue weighted by Gasteiger charge is 2.40. The molecule has 0 radical (unpaired) electrons. The minimum atomic E-state index is -1.37. The van der Waals surface area contributed by atoms with Crippen LogP contribution < -0.4 is 27.4 Å². The van der Waals surface area contributed by atoms with Gasteiger partial charge in [-0.1, -0.05) is 12.1 Å². The number of nitrogens with one attached hydrogen (secondary N) is 3. The number of aromatic hydroxyl groups is 1. The number of rotatable bonds is 5. The summed E-state index contributed by atoms with van der Waals surface area (Å²) in [7, 11) is 0. The van der Waals surface area contributed by atoms with Gasteiger partial charge in [0.25, 0.3) is 0 Å². The Labute approximate surface area is 214 Å². The number of phenolic OH excluding ortho intramolecular Hbond substituents is 1. The molecule has 1 aliphatic heterocycles. The summed E-state index contributed by atoms with van der Waals surface area (Å²) in [6, 6.07) is 3.59. The van der Waals surface area contributed by atoms with E-state index in [-0.39, 0.29) is 17.9 Å². The van der Waals surface area contributed by atoms with Gasteiger partial charge < -0.3 is 32.5 Å². The van der Waals surface area contributed by atoms with Crippen LogP contribution >= 0.6 is 23.5 Å². The third-order valence-corrected chi connectivity index (χ3v) is 8.31. The normalized spacial score (nSPS) is 23.9. The van der Waals surface area contributed by atoms with Crippen molar-refractivity contribution in [3.8, 4) is 5.75 Å². The molecule has 12 heteroatoms. The number of nitrogens with two attached hydrogens (primary N) is 2. The smallest absolute Gasteiger partial charge is 0.245 e. The summed E-state index contributed by atoms with van der Waals surface area (Å²) in [4.78, 5) is 50.9. The van der Waals surface area contributed by atoms with Gasteiger partial charge in [-0.15, -0.1) is 0 Å². The van der Waals surface area contributed by atoms with Gasteiger partial charge in [-0.25, -0.2) is 0 Å². The first kappa shape index (κ1) is 28.8. The molecule has 1 aromatic rings. The van der Waals surface area contributed by atoms with Crippen molar-refractivity contribution in [3.63, 3.8) is 0 Å². The molecule has 35 heavy (non-hydrogen) atoms. The van der Waals surface area contributed by atoms with Gasteiger partial charge in [0.15, 0.2) is 0 Å². The van der Waals surface area contributed by atoms with Crippen molar-refractivity contribution in [2.75, 3.05) is 17.3 Å². The Morgan fingerprint density at radius 1 is 1.17 bits per heavy atom. The van der Waals surface area contributed by atoms with E-state index in [1.807, 2.05) is 13.8 Å². The van der Waals surface area contributed by atoms with Gasteiger partial charge in [-0.3, -0.25) is 19.2 Å². The zero-order valence-corrected chi connectivity index (χ0v) is 22.1. The number of amides is 4. The van der Waals surface area contributed by atoms with Crippen LogP contribution in [0.3, 0.4) is 0 Å². The Bertz CT molecular complexity index is 939. The fraction of sp³-hybridized carbons (Fsp3) is 0.565. The van der Waals surface area contributed by atoms with E-state index in [1.165, 1.54) is 49.5 Å². The molecule has 10 nitrogen and oxygen atoms in total. The van der Waals surface area contributed by atoms with E-state index in [4.69, 9.17) is 11.5 Å². The molecule has 2 rings (SSSR count). The molecule has 0 spiro atoms. The summed E-state index contributed by atoms with van der Waals surface area (Å²) in [6.45, 7) is 6.70. The van der Waals surface area contributed by atoms with E-state index >= 15 is 0 Å². The fourth-order valence-electron chi connectivity index (χ4n) is 3.44. The monoisotopic (exact) mass is 525 g/mol. The third kappa shape index (κ3) is 8.32. The molecule has 1 aliphatic rings. The summed E-state index contributed by atoms with van der Waals surface area (Å²) in [5.74, 6) is -0.585. The average Bonchev–Trinajstić information content (AvgIpc) is 2.76. The van der Waals surface area contributed by atoms with E-state index in [9.17, 15) is 24.3 Å². The number of benzene rings is 1. The van der Waals surface area contributed by atoms with E-state index in [0.29, 0.717) is 11.5 Å². The van der Waals surface area contributed by atoms with Gasteiger partial charge in [0.1, 0.15) is 23.4 Å². The predicted molar refractivity (Wildman–Crippen MR) is 139 cm³/mol. The molecular weight excluding hydrogens is 490 g/mol. The van der Waals surface area contributed by atoms with Crippen molar-refractivity contribution in [1.82, 2.24) is 16.0 Å². The topological polar surface area (TPSA) is 177 Å². The predicted octanol–water partition coefficient (Wildman–Crippen LogP) is -0.130. The summed E-state index contributed by atoms with van der Waals surface area (Å²) in [5.41, 5.74) is 11.0. The molecule has 3 atom stereocenters. The molecule has 1 saturated heterocycles. The van der Waals surface area contributed by atoms with Gasteiger partial charge in [0.05, 0.1) is 6.04 Å². The van der Waals surface area contributed by atoms with E-state index < -0.39 is 52.0 Å². The lowest BCUT2D eigenvalue weighted by Crippen LogP contribution is -2.64. The number of primary amides is 1. The van der Waals surface area contributed by atoms with E-state index in [1.54, 1.807) is 12.1 Å². The number of hydrogen-bond acceptors (Lipinski definition) is 8. The highest BCUT2D eigenvalue weighted by Crippen LogP contribution is 2.29. The minimum Gasteiger partial charge on any atom is -0.508 e. The highest BCUT2D eigenvalue weighted by atomic mass is 32.2. The highest BCUT2D eigenvalue weighted by molar-refractivity contribution is 8.03. The lowest BCUT2D eigenvalue weighted by atomic mass is 9.98. The van der Waals surface area contributed by atoms with Crippen LogP contribution in [0.25, 0.3) is 0 Å². The molecule has 0 aliphatic carbocycles. The molecule has 0 saturated carbocycles. The number of hydrogen-bond donors (Lipinski definition) is 6. The van der Waals surface area contributed by atoms with Crippen LogP contribution in [0.1, 0.15) is 33.3 Å². The Kier molecular flexibility index (Phi) is 9.87. The number of thioether (sulfide) groups is 2. The minimum absolute atomic E-state index is 0.111. The summed E-state index contributed by atoms with van der Waals surface area (Å²) in [5, 5.41) is 17.5. The molecule has 1 heterocycles. The maximum absolute atomic E-state index is 13.1. The van der Waals surface area contributed by atoms with Gasteiger partial charge in [0.2, 0.25) is 23.6 Å². The van der Waals surface area contributed by atoms with Crippen molar-refractivity contribution in [2.45, 2.75) is 62.5 Å². The van der Waals surface area contributed by atoms with E-state index in [0.717, 1.165) is 5.56 Å². The second-order valence-corrected chi connectivity index (χ2v) is 12.4. The standard InChI is InChI=1S/C23H35N5O5S2/c1-22(2)21(33)27-17(18(25)30)23(3,4)35-10-9-34-12-16(20(32)28-22)26-19(31)15(24)11-13-5-7-14(29)8-6-13/h5-8,15-17,29H,9-12,24H2,1-4H3,(H2,25,30)(H,26,31)(H,27,33)(H,28,32)/t15-,16+,17-/m0/s1. The molecule has 194 valence electrons. The maximum Gasteiger partial charge on any atom is 0.245 e. The van der Waals surface area contributed by atoms with Gasteiger partial charge in [-0.05, 0) is 51.8 Å². The van der Waals surface area contributed by atoms with Crippen LogP contribution in [0, 0.1) is 0 Å². The molecule has 0 aromatic heterocycles. The lowest BCUT2D eigenvalue weighted by Gasteiger charge is -2.35. The van der Waals surface area contributed by atoms with Crippen LogP contribution in [-0.2, 0) is 25.6 Å². The maximum atomic E-state index is 13.1. The first-order valence-corrected chi connectivity index (χ1v) is 13.3. The Balaban J connectivity index is 2.16. The number of carbonyl (C=O) groups is 4. The number of carbonyl (C=O) groups excluding carboxylic acids is 4. The molecule has 4 amide bonds. The van der Waals surface area contributed by atoms with Crippen molar-refractivity contribution < 1.29 is 24.3 Å². The van der Waals surface area contributed by atoms with Crippen LogP contribution in [0.4, 0.5) is 0 Å². The number of phenols is 1. The SMILES string of the molecule is CC1(C)NC(=O)[C@H](NC(=O)[C@@H](N)Cc2ccc(O)cc2)CSCCSC(C)(C)[C@H](C(N)=O)NC1=O. The van der Waals surface area contributed by atoms with Crippen LogP contribution in [-0.4, -0.2) is 74.4 Å². The summed E-state index contributed by atoms with van der Waals surface area (Å²) >= 11 is 2.97. The lowest BCUT2D eigenvalue weighted by molar-refractivity contribution is -0.136. The second kappa shape index (κ2) is 12.0. The Morgan fingerprint density at radius 3 is 2.40 bits per heavy atom. The molecule has 8 N–H and O–H groups in total. The first-order chi connectivity index (χ1) is 16.2. The quantitative estimate of drug-likeness (QED) is 0.308. The molecular formula is C23H35N5O5S2. The van der Waals surface area contributed by atoms with Crippen LogP contribution in [0.2, 0.25) is 0 Å². The van der Waals surface area contributed by atoms with Gasteiger partial charge in [0, 0.05) is 22.0 Å². The van der Waals surface area contributed by atoms with Crippen molar-refractivity contribution in [3.05, 3.63) is 29.8 Å². The fourth-order valence-corrected chi connectivity index (χ4v) is 5.75. The summed E-state index contributed by atoms with van der Waals surface area (Å²) < 4.78 is -0.662. The summed E-state index contributed by atoms with van der Waals surface area (Å²) in [6.07, 6.45) is 0.224. The molecule has 1 fully saturated rings. The van der Waals surface area contributed by atoms with Gasteiger partial charge >= 0.3 is 0 Å². The zero-order valence-electron chi connectivity index (χ0n) is 20.4. The Morgan fingerprint density at radius 2 is 1.80 bits per heavy atom. The van der Waals surface area contributed by atoms with Crippen LogP contribution in [0.15, 0.2) is 24.3 Å². The van der Waals surface area contributed by atoms with Crippen molar-refractivity contribution >= 4 is 47.2 Å². The largest absolute Gasteiger partial charge is 0.508 e. The third-order valence-electron chi connectivity index (χ3n) is 5.61. The first-order valence-electron chi connectivity index (χ1n) is 11.2. The van der Waals surface area contributed by atoms with Crippen molar-refractivity contribution in [1.29, 1.82) is 0 Å². The van der Waals surface area contributed by atoms with Crippen molar-refractivity contribution in [2.24, 2.45) is 11.5 Å². The molecule has 0 unspecified atom stereocenters. The zero-order chi connectivity index (χ0) is 26.4. The Hall–Kier alpha value is -2.44. The van der Waals surface area contributed by atoms with E-state index in [2.05, 4.69) is 16.0 Å².